The molecule has 1 unspecified atom stereocenters. The van der Waals surface area contributed by atoms with Gasteiger partial charge in [0, 0.05) is 12.6 Å². The molecule has 108 valence electrons. The Balaban J connectivity index is 2.21. The molecule has 0 saturated carbocycles. The molecule has 1 saturated heterocycles. The first kappa shape index (κ1) is 13.1. The van der Waals surface area contributed by atoms with Crippen LogP contribution >= 0.6 is 0 Å². The van der Waals surface area contributed by atoms with E-state index in [1.165, 1.54) is 0 Å². The molecule has 1 fully saturated rings. The first-order valence-electron chi connectivity index (χ1n) is 6.31. The summed E-state index contributed by atoms with van der Waals surface area (Å²) < 4.78 is 39.0. The normalized spacial score (nSPS) is 18.9. The van der Waals surface area contributed by atoms with Gasteiger partial charge >= 0.3 is 6.18 Å². The maximum Gasteiger partial charge on any atom is 0.408 e. The van der Waals surface area contributed by atoms with Gasteiger partial charge in [0.2, 0.25) is 0 Å². The fraction of sp³-hybridized carbons (Fsp3) is 0.583. The van der Waals surface area contributed by atoms with Crippen molar-refractivity contribution in [1.29, 1.82) is 0 Å². The fourth-order valence-corrected chi connectivity index (χ4v) is 2.34. The second-order valence-corrected chi connectivity index (χ2v) is 5.15. The van der Waals surface area contributed by atoms with Gasteiger partial charge in [0.15, 0.2) is 5.82 Å². The van der Waals surface area contributed by atoms with Crippen LogP contribution in [0, 0.1) is 13.8 Å². The lowest BCUT2D eigenvalue weighted by Crippen LogP contribution is -2.19. The summed E-state index contributed by atoms with van der Waals surface area (Å²) in [6, 6.07) is 0.294. The van der Waals surface area contributed by atoms with Crippen LogP contribution in [-0.2, 0) is 6.54 Å². The van der Waals surface area contributed by atoms with E-state index >= 15 is 0 Å². The smallest absolute Gasteiger partial charge is 0.348 e. The Morgan fingerprint density at radius 3 is 2.45 bits per heavy atom. The van der Waals surface area contributed by atoms with E-state index in [2.05, 4.69) is 15.1 Å². The first-order valence-corrected chi connectivity index (χ1v) is 6.31. The van der Waals surface area contributed by atoms with Gasteiger partial charge in [-0.15, -0.1) is 0 Å². The molecule has 2 aromatic heterocycles. The lowest BCUT2D eigenvalue weighted by Gasteiger charge is -2.11. The molecule has 1 atom stereocenters. The lowest BCUT2D eigenvalue weighted by molar-refractivity contribution is -0.141. The fourth-order valence-electron chi connectivity index (χ4n) is 2.34. The molecule has 0 amide bonds. The minimum absolute atomic E-state index is 0.294. The zero-order chi connectivity index (χ0) is 14.7. The summed E-state index contributed by atoms with van der Waals surface area (Å²) in [6.07, 6.45) is -4.32. The van der Waals surface area contributed by atoms with Crippen molar-refractivity contribution < 1.29 is 13.2 Å². The highest BCUT2D eigenvalue weighted by molar-refractivity contribution is 5.89. The molecule has 0 radical (unpaired) electrons. The predicted octanol–water partition coefficient (Wildman–Crippen LogP) is 2.21. The van der Waals surface area contributed by atoms with Crippen molar-refractivity contribution >= 4 is 16.9 Å². The Morgan fingerprint density at radius 2 is 1.90 bits per heavy atom. The number of hydrogen-bond acceptors (Lipinski definition) is 4. The molecule has 0 aromatic carbocycles. The van der Waals surface area contributed by atoms with Crippen LogP contribution in [0.5, 0.6) is 0 Å². The molecule has 0 bridgehead atoms. The number of aryl methyl sites for hydroxylation is 2. The van der Waals surface area contributed by atoms with Crippen LogP contribution in [-0.4, -0.2) is 38.5 Å². The minimum Gasteiger partial charge on any atom is -0.348 e. The highest BCUT2D eigenvalue weighted by Gasteiger charge is 2.36. The van der Waals surface area contributed by atoms with Crippen LogP contribution in [0.4, 0.5) is 19.0 Å². The van der Waals surface area contributed by atoms with Crippen LogP contribution < -0.4 is 4.90 Å². The van der Waals surface area contributed by atoms with Gasteiger partial charge in [-0.3, -0.25) is 0 Å². The summed E-state index contributed by atoms with van der Waals surface area (Å²) in [6.45, 7) is 5.07. The Morgan fingerprint density at radius 1 is 1.25 bits per heavy atom. The number of fused-ring (bicyclic) bond motifs is 1. The number of aromatic nitrogens is 4. The summed E-state index contributed by atoms with van der Waals surface area (Å²) in [7, 11) is 0. The maximum absolute atomic E-state index is 12.7. The van der Waals surface area contributed by atoms with Gasteiger partial charge in [-0.1, -0.05) is 0 Å². The largest absolute Gasteiger partial charge is 0.408 e. The van der Waals surface area contributed by atoms with E-state index in [0.717, 1.165) is 11.2 Å². The molecule has 1 aliphatic heterocycles. The predicted molar refractivity (Wildman–Crippen MR) is 67.7 cm³/mol. The van der Waals surface area contributed by atoms with E-state index in [1.807, 2.05) is 11.8 Å². The van der Waals surface area contributed by atoms with Crippen LogP contribution in [0.2, 0.25) is 0 Å². The molecule has 8 heteroatoms. The third-order valence-electron chi connectivity index (χ3n) is 3.31. The molecule has 0 N–H and O–H groups in total. The molecule has 3 rings (SSSR count). The van der Waals surface area contributed by atoms with Crippen molar-refractivity contribution in [2.24, 2.45) is 0 Å². The van der Waals surface area contributed by atoms with Gasteiger partial charge < -0.3 is 4.90 Å². The highest BCUT2D eigenvalue weighted by Crippen LogP contribution is 2.34. The van der Waals surface area contributed by atoms with Gasteiger partial charge in [0.05, 0.1) is 5.69 Å². The number of halogens is 3. The summed E-state index contributed by atoms with van der Waals surface area (Å²) >= 11 is 0. The van der Waals surface area contributed by atoms with Gasteiger partial charge in [-0.2, -0.15) is 18.3 Å². The van der Waals surface area contributed by atoms with Crippen molar-refractivity contribution in [3.05, 3.63) is 11.5 Å². The zero-order valence-electron chi connectivity index (χ0n) is 11.4. The van der Waals surface area contributed by atoms with Crippen LogP contribution in [0.15, 0.2) is 0 Å². The average Bonchev–Trinajstić information content (AvgIpc) is 2.94. The molecule has 1 aliphatic rings. The van der Waals surface area contributed by atoms with Gasteiger partial charge in [-0.05, 0) is 20.8 Å². The Kier molecular flexibility index (Phi) is 2.67. The van der Waals surface area contributed by atoms with Crippen LogP contribution in [0.25, 0.3) is 11.0 Å². The molecule has 20 heavy (non-hydrogen) atoms. The van der Waals surface area contributed by atoms with Crippen LogP contribution in [0.1, 0.15) is 18.4 Å². The van der Waals surface area contributed by atoms with Gasteiger partial charge in [0.1, 0.15) is 23.4 Å². The van der Waals surface area contributed by atoms with Crippen LogP contribution in [0.3, 0.4) is 0 Å². The van der Waals surface area contributed by atoms with Crippen molar-refractivity contribution in [3.8, 4) is 0 Å². The number of anilines is 1. The van der Waals surface area contributed by atoms with Gasteiger partial charge in [-0.25, -0.2) is 14.6 Å². The second-order valence-electron chi connectivity index (χ2n) is 5.15. The van der Waals surface area contributed by atoms with Crippen molar-refractivity contribution in [1.82, 2.24) is 19.7 Å². The van der Waals surface area contributed by atoms with Crippen molar-refractivity contribution in [3.63, 3.8) is 0 Å². The van der Waals surface area contributed by atoms with Crippen molar-refractivity contribution in [2.75, 3.05) is 11.4 Å². The maximum atomic E-state index is 12.7. The Labute approximate surface area is 113 Å². The number of rotatable bonds is 2. The minimum atomic E-state index is -4.32. The molecule has 0 spiro atoms. The third-order valence-corrected chi connectivity index (χ3v) is 3.31. The van der Waals surface area contributed by atoms with E-state index in [1.54, 1.807) is 13.8 Å². The van der Waals surface area contributed by atoms with E-state index in [0.29, 0.717) is 34.4 Å². The molecule has 0 aliphatic carbocycles. The number of hydrogen-bond donors (Lipinski definition) is 0. The third kappa shape index (κ3) is 2.19. The zero-order valence-corrected chi connectivity index (χ0v) is 11.4. The number of alkyl halides is 3. The monoisotopic (exact) mass is 285 g/mol. The quantitative estimate of drug-likeness (QED) is 0.794. The SMILES string of the molecule is Cc1nc(N2CC2C)c2c(n1)c(C)nn2CC(F)(F)F. The van der Waals surface area contributed by atoms with E-state index in [4.69, 9.17) is 0 Å². The molecular weight excluding hydrogens is 271 g/mol. The highest BCUT2D eigenvalue weighted by atomic mass is 19.4. The number of nitrogens with zero attached hydrogens (tertiary/aromatic N) is 5. The molecular formula is C12H14F3N5. The van der Waals surface area contributed by atoms with E-state index < -0.39 is 12.7 Å². The molecule has 2 aromatic rings. The summed E-state index contributed by atoms with van der Waals surface area (Å²) in [5.74, 6) is 1.09. The second kappa shape index (κ2) is 4.07. The lowest BCUT2D eigenvalue weighted by atomic mass is 10.3. The molecule has 3 heterocycles. The Hall–Kier alpha value is -1.86. The van der Waals surface area contributed by atoms with E-state index in [-0.39, 0.29) is 0 Å². The van der Waals surface area contributed by atoms with Gasteiger partial charge in [0.25, 0.3) is 0 Å². The average molecular weight is 285 g/mol. The van der Waals surface area contributed by atoms with E-state index in [9.17, 15) is 13.2 Å². The standard InChI is InChI=1S/C12H14F3N5/c1-6-4-19(6)11-10-9(16-8(3)17-11)7(2)18-20(10)5-12(13,14)15/h6H,4-5H2,1-3H3. The van der Waals surface area contributed by atoms with Crippen molar-refractivity contribution in [2.45, 2.75) is 39.5 Å². The summed E-state index contributed by atoms with van der Waals surface area (Å²) in [5, 5.41) is 3.98. The topological polar surface area (TPSA) is 46.6 Å². The molecule has 5 nitrogen and oxygen atoms in total. The summed E-state index contributed by atoms with van der Waals surface area (Å²) in [4.78, 5) is 10.5. The first-order chi connectivity index (χ1) is 9.26. The Bertz CT molecular complexity index is 676. The summed E-state index contributed by atoms with van der Waals surface area (Å²) in [5.41, 5.74) is 1.36.